The summed E-state index contributed by atoms with van der Waals surface area (Å²) in [6, 6.07) is 5.81. The number of hydrogen-bond donors (Lipinski definition) is 2. The number of carbonyl (C=O) groups is 3. The Hall–Kier alpha value is -3.00. The number of rotatable bonds is 6. The highest BCUT2D eigenvalue weighted by Gasteiger charge is 2.29. The average Bonchev–Trinajstić information content (AvgIpc) is 2.92. The number of hydrogen-bond acceptors (Lipinski definition) is 5. The zero-order valence-corrected chi connectivity index (χ0v) is 17.7. The fourth-order valence-electron chi connectivity index (χ4n) is 3.04. The van der Waals surface area contributed by atoms with E-state index in [0.29, 0.717) is 22.2 Å². The van der Waals surface area contributed by atoms with Crippen molar-refractivity contribution in [1.29, 1.82) is 0 Å². The Morgan fingerprint density at radius 3 is 2.38 bits per heavy atom. The highest BCUT2D eigenvalue weighted by atomic mass is 35.5. The Kier molecular flexibility index (Phi) is 6.92. The van der Waals surface area contributed by atoms with Crippen LogP contribution in [0.3, 0.4) is 0 Å². The first-order valence-electron chi connectivity index (χ1n) is 8.91. The second-order valence-electron chi connectivity index (χ2n) is 6.86. The third kappa shape index (κ3) is 4.89. The Morgan fingerprint density at radius 2 is 1.83 bits per heavy atom. The van der Waals surface area contributed by atoms with Gasteiger partial charge in [-0.3, -0.25) is 10.1 Å². The van der Waals surface area contributed by atoms with Crippen LogP contribution >= 0.6 is 11.6 Å². The van der Waals surface area contributed by atoms with E-state index >= 15 is 0 Å². The minimum atomic E-state index is -1.17. The predicted molar refractivity (Wildman–Crippen MR) is 109 cm³/mol. The number of aromatic nitrogens is 1. The number of urea groups is 1. The molecule has 1 aromatic heterocycles. The normalized spacial score (nSPS) is 11.8. The standard InChI is InChI=1S/C20H24ClN3O5/c1-10(2)17(18(25)23-20(22)27)29-19(26)14-8-11(3)24(12(14)4)15-9-13(21)6-7-16(15)28-5/h6-10,17H,1-5H3,(H3,22,23,25,27)/t17-/m0/s1. The van der Waals surface area contributed by atoms with Crippen LogP contribution in [0.5, 0.6) is 5.75 Å². The molecule has 3 N–H and O–H groups in total. The highest BCUT2D eigenvalue weighted by molar-refractivity contribution is 6.30. The molecule has 0 bridgehead atoms. The van der Waals surface area contributed by atoms with Crippen molar-refractivity contribution >= 4 is 29.5 Å². The quantitative estimate of drug-likeness (QED) is 0.695. The zero-order chi connectivity index (χ0) is 21.9. The second-order valence-corrected chi connectivity index (χ2v) is 7.30. The van der Waals surface area contributed by atoms with Gasteiger partial charge in [0.25, 0.3) is 5.91 Å². The van der Waals surface area contributed by atoms with Crippen molar-refractivity contribution < 1.29 is 23.9 Å². The van der Waals surface area contributed by atoms with E-state index in [1.54, 1.807) is 52.1 Å². The van der Waals surface area contributed by atoms with Crippen molar-refractivity contribution in [3.63, 3.8) is 0 Å². The molecule has 9 heteroatoms. The van der Waals surface area contributed by atoms with Crippen LogP contribution in [-0.4, -0.2) is 35.7 Å². The van der Waals surface area contributed by atoms with Gasteiger partial charge in [-0.2, -0.15) is 0 Å². The van der Waals surface area contributed by atoms with Crippen LogP contribution in [0.2, 0.25) is 5.02 Å². The Morgan fingerprint density at radius 1 is 1.17 bits per heavy atom. The number of ether oxygens (including phenoxy) is 2. The molecule has 0 unspecified atom stereocenters. The van der Waals surface area contributed by atoms with E-state index in [-0.39, 0.29) is 11.5 Å². The molecule has 3 amide bonds. The van der Waals surface area contributed by atoms with E-state index < -0.39 is 24.0 Å². The minimum absolute atomic E-state index is 0.280. The third-order valence-corrected chi connectivity index (χ3v) is 4.61. The smallest absolute Gasteiger partial charge is 0.340 e. The van der Waals surface area contributed by atoms with Crippen LogP contribution in [0.25, 0.3) is 5.69 Å². The SMILES string of the molecule is COc1ccc(Cl)cc1-n1c(C)cc(C(=O)O[C@H](C(=O)NC(N)=O)C(C)C)c1C. The fraction of sp³-hybridized carbons (Fsp3) is 0.350. The molecule has 0 saturated carbocycles. The summed E-state index contributed by atoms with van der Waals surface area (Å²) >= 11 is 6.14. The van der Waals surface area contributed by atoms with Crippen LogP contribution < -0.4 is 15.8 Å². The average molecular weight is 422 g/mol. The van der Waals surface area contributed by atoms with Crippen LogP contribution in [0.15, 0.2) is 24.3 Å². The van der Waals surface area contributed by atoms with Crippen molar-refractivity contribution in [2.24, 2.45) is 11.7 Å². The fourth-order valence-corrected chi connectivity index (χ4v) is 3.21. The number of carbonyl (C=O) groups excluding carboxylic acids is 3. The van der Waals surface area contributed by atoms with Crippen molar-refractivity contribution in [2.75, 3.05) is 7.11 Å². The van der Waals surface area contributed by atoms with E-state index in [9.17, 15) is 14.4 Å². The number of esters is 1. The maximum Gasteiger partial charge on any atom is 0.340 e. The number of nitrogens with zero attached hydrogens (tertiary/aromatic N) is 1. The van der Waals surface area contributed by atoms with Gasteiger partial charge in [0.1, 0.15) is 5.75 Å². The number of benzene rings is 1. The highest BCUT2D eigenvalue weighted by Crippen LogP contribution is 2.31. The van der Waals surface area contributed by atoms with Gasteiger partial charge in [0.15, 0.2) is 6.10 Å². The van der Waals surface area contributed by atoms with Crippen molar-refractivity contribution in [3.8, 4) is 11.4 Å². The Balaban J connectivity index is 2.41. The van der Waals surface area contributed by atoms with E-state index in [2.05, 4.69) is 0 Å². The Bertz CT molecular complexity index is 952. The molecule has 0 fully saturated rings. The number of halogens is 1. The Labute approximate surface area is 173 Å². The van der Waals surface area contributed by atoms with Crippen LogP contribution in [-0.2, 0) is 9.53 Å². The molecular formula is C20H24ClN3O5. The summed E-state index contributed by atoms with van der Waals surface area (Å²) in [6.07, 6.45) is -1.17. The molecule has 0 spiro atoms. The summed E-state index contributed by atoms with van der Waals surface area (Å²) in [5.41, 5.74) is 7.27. The maximum atomic E-state index is 12.8. The summed E-state index contributed by atoms with van der Waals surface area (Å²) in [7, 11) is 1.54. The predicted octanol–water partition coefficient (Wildman–Crippen LogP) is 3.13. The lowest BCUT2D eigenvalue weighted by atomic mass is 10.1. The summed E-state index contributed by atoms with van der Waals surface area (Å²) in [5.74, 6) is -1.25. The van der Waals surface area contributed by atoms with Crippen LogP contribution in [0.1, 0.15) is 35.6 Å². The number of amides is 3. The summed E-state index contributed by atoms with van der Waals surface area (Å²) in [5, 5.41) is 2.46. The molecule has 1 atom stereocenters. The summed E-state index contributed by atoms with van der Waals surface area (Å²) in [6.45, 7) is 6.96. The maximum absolute atomic E-state index is 12.8. The summed E-state index contributed by atoms with van der Waals surface area (Å²) < 4.78 is 12.6. The molecule has 0 aliphatic rings. The molecule has 0 saturated heterocycles. The van der Waals surface area contributed by atoms with Gasteiger partial charge in [-0.15, -0.1) is 0 Å². The van der Waals surface area contributed by atoms with Gasteiger partial charge in [-0.05, 0) is 44.0 Å². The summed E-state index contributed by atoms with van der Waals surface area (Å²) in [4.78, 5) is 35.9. The largest absolute Gasteiger partial charge is 0.495 e. The molecule has 1 aromatic carbocycles. The van der Waals surface area contributed by atoms with Gasteiger partial charge in [0.2, 0.25) is 0 Å². The number of primary amides is 1. The van der Waals surface area contributed by atoms with E-state index in [0.717, 1.165) is 5.69 Å². The lowest BCUT2D eigenvalue weighted by Crippen LogP contribution is -2.45. The van der Waals surface area contributed by atoms with Crippen LogP contribution in [0, 0.1) is 19.8 Å². The lowest BCUT2D eigenvalue weighted by molar-refractivity contribution is -0.130. The van der Waals surface area contributed by atoms with Gasteiger partial charge in [0, 0.05) is 16.4 Å². The number of nitrogens with two attached hydrogens (primary N) is 1. The zero-order valence-electron chi connectivity index (χ0n) is 16.9. The van der Waals surface area contributed by atoms with Gasteiger partial charge in [-0.25, -0.2) is 9.59 Å². The van der Waals surface area contributed by atoms with Crippen molar-refractivity contribution in [1.82, 2.24) is 9.88 Å². The second kappa shape index (κ2) is 9.00. The van der Waals surface area contributed by atoms with E-state index in [1.807, 2.05) is 16.8 Å². The molecule has 1 heterocycles. The van der Waals surface area contributed by atoms with E-state index in [4.69, 9.17) is 26.8 Å². The first kappa shape index (κ1) is 22.3. The van der Waals surface area contributed by atoms with Crippen LogP contribution in [0.4, 0.5) is 4.79 Å². The molecular weight excluding hydrogens is 398 g/mol. The number of methoxy groups -OCH3 is 1. The number of imide groups is 1. The van der Waals surface area contributed by atoms with Gasteiger partial charge < -0.3 is 19.8 Å². The molecule has 0 radical (unpaired) electrons. The first-order valence-corrected chi connectivity index (χ1v) is 9.28. The molecule has 2 rings (SSSR count). The molecule has 156 valence electrons. The van der Waals surface area contributed by atoms with Crippen molar-refractivity contribution in [2.45, 2.75) is 33.8 Å². The topological polar surface area (TPSA) is 113 Å². The van der Waals surface area contributed by atoms with E-state index in [1.165, 1.54) is 0 Å². The number of aryl methyl sites for hydroxylation is 1. The van der Waals surface area contributed by atoms with Crippen molar-refractivity contribution in [3.05, 3.63) is 46.2 Å². The minimum Gasteiger partial charge on any atom is -0.495 e. The third-order valence-electron chi connectivity index (χ3n) is 4.38. The molecule has 29 heavy (non-hydrogen) atoms. The molecule has 0 aliphatic heterocycles. The molecule has 8 nitrogen and oxygen atoms in total. The monoisotopic (exact) mass is 421 g/mol. The molecule has 0 aliphatic carbocycles. The lowest BCUT2D eigenvalue weighted by Gasteiger charge is -2.20. The van der Waals surface area contributed by atoms with Gasteiger partial charge in [-0.1, -0.05) is 25.4 Å². The molecule has 2 aromatic rings. The number of nitrogens with one attached hydrogen (secondary N) is 1. The van der Waals surface area contributed by atoms with Gasteiger partial charge >= 0.3 is 12.0 Å². The van der Waals surface area contributed by atoms with Gasteiger partial charge in [0.05, 0.1) is 18.4 Å². The first-order chi connectivity index (χ1) is 13.6.